The molecule has 0 aliphatic carbocycles. The summed E-state index contributed by atoms with van der Waals surface area (Å²) in [5.74, 6) is -0.259. The molecule has 4 amide bonds. The highest BCUT2D eigenvalue weighted by Crippen LogP contribution is 2.50. The van der Waals surface area contributed by atoms with Crippen LogP contribution < -0.4 is 24.6 Å². The minimum Gasteiger partial charge on any atom is -0.497 e. The van der Waals surface area contributed by atoms with Crippen molar-refractivity contribution in [3.8, 4) is 11.5 Å². The van der Waals surface area contributed by atoms with E-state index in [2.05, 4.69) is 34.5 Å². The molecule has 0 unspecified atom stereocenters. The fourth-order valence-corrected chi connectivity index (χ4v) is 6.95. The highest BCUT2D eigenvalue weighted by molar-refractivity contribution is 6.39. The minimum atomic E-state index is -0.771. The number of imide groups is 2. The third-order valence-electron chi connectivity index (χ3n) is 9.10. The number of methoxy groups -OCH3 is 2. The number of nitrogens with zero attached hydrogens (tertiary/aromatic N) is 2. The van der Waals surface area contributed by atoms with E-state index in [-0.39, 0.29) is 17.4 Å². The Bertz CT molecular complexity index is 1760. The van der Waals surface area contributed by atoms with Gasteiger partial charge in [0.25, 0.3) is 11.8 Å². The molecule has 0 aromatic heterocycles. The molecule has 1 saturated heterocycles. The van der Waals surface area contributed by atoms with Gasteiger partial charge in [-0.15, -0.1) is 0 Å². The lowest BCUT2D eigenvalue weighted by molar-refractivity contribution is -0.122. The van der Waals surface area contributed by atoms with Crippen LogP contribution in [0, 0.1) is 0 Å². The number of carbonyl (C=O) groups excluding carboxylic acids is 3. The first-order valence-electron chi connectivity index (χ1n) is 15.1. The predicted molar refractivity (Wildman–Crippen MR) is 173 cm³/mol. The summed E-state index contributed by atoms with van der Waals surface area (Å²) in [6, 6.07) is 29.0. The Balaban J connectivity index is 1.38. The van der Waals surface area contributed by atoms with Crippen LogP contribution in [0.25, 0.3) is 6.08 Å². The summed E-state index contributed by atoms with van der Waals surface area (Å²) >= 11 is 0. The van der Waals surface area contributed by atoms with E-state index in [1.54, 1.807) is 25.3 Å². The van der Waals surface area contributed by atoms with Crippen LogP contribution in [0.1, 0.15) is 52.5 Å². The van der Waals surface area contributed by atoms with Gasteiger partial charge in [-0.3, -0.25) is 14.9 Å². The van der Waals surface area contributed by atoms with Gasteiger partial charge in [0, 0.05) is 42.2 Å². The number of anilines is 2. The first kappa shape index (κ1) is 28.4. The second-order valence-corrected chi connectivity index (χ2v) is 11.5. The number of rotatable bonds is 6. The van der Waals surface area contributed by atoms with E-state index in [4.69, 9.17) is 9.47 Å². The van der Waals surface area contributed by atoms with Crippen LogP contribution in [-0.4, -0.2) is 45.2 Å². The number of urea groups is 1. The fraction of sp³-hybridized carbons (Fsp3) is 0.216. The Morgan fingerprint density at radius 3 is 1.91 bits per heavy atom. The standard InChI is InChI=1S/C37H33N3O5/c1-44-27-14-13-25(33(22-27)45-2)19-32-35(41)38-37(43)40(36(32)42)26-20-30-28(23-9-5-3-6-10-23)15-17-39-18-16-29(31(21-26)34(30)39)24-11-7-4-8-12-24/h3-14,19-22,28-29H,15-18H2,1-2H3,(H,38,41,43)/b32-19+/t28-,29-/m0/s1. The maximum Gasteiger partial charge on any atom is 0.335 e. The number of amides is 4. The van der Waals surface area contributed by atoms with Gasteiger partial charge in [-0.2, -0.15) is 0 Å². The molecule has 4 aromatic rings. The second-order valence-electron chi connectivity index (χ2n) is 11.5. The van der Waals surface area contributed by atoms with Crippen molar-refractivity contribution >= 4 is 35.3 Å². The summed E-state index contributed by atoms with van der Waals surface area (Å²) in [7, 11) is 3.05. The Labute approximate surface area is 261 Å². The van der Waals surface area contributed by atoms with Crippen molar-refractivity contribution in [2.45, 2.75) is 24.7 Å². The molecule has 8 nitrogen and oxygen atoms in total. The topological polar surface area (TPSA) is 88.2 Å². The van der Waals surface area contributed by atoms with E-state index in [0.29, 0.717) is 22.7 Å². The molecule has 4 aromatic carbocycles. The predicted octanol–water partition coefficient (Wildman–Crippen LogP) is 6.25. The number of hydrogen-bond acceptors (Lipinski definition) is 6. The zero-order valence-electron chi connectivity index (χ0n) is 25.2. The summed E-state index contributed by atoms with van der Waals surface area (Å²) in [5, 5.41) is 2.40. The van der Waals surface area contributed by atoms with Gasteiger partial charge in [0.05, 0.1) is 19.9 Å². The van der Waals surface area contributed by atoms with E-state index in [0.717, 1.165) is 42.0 Å². The first-order chi connectivity index (χ1) is 22.0. The van der Waals surface area contributed by atoms with Gasteiger partial charge in [-0.25, -0.2) is 9.69 Å². The van der Waals surface area contributed by atoms with Gasteiger partial charge in [0.2, 0.25) is 0 Å². The molecule has 45 heavy (non-hydrogen) atoms. The van der Waals surface area contributed by atoms with Gasteiger partial charge < -0.3 is 14.4 Å². The molecule has 3 aliphatic rings. The Morgan fingerprint density at radius 2 is 1.36 bits per heavy atom. The molecule has 1 N–H and O–H groups in total. The van der Waals surface area contributed by atoms with Crippen LogP contribution in [0.3, 0.4) is 0 Å². The van der Waals surface area contributed by atoms with Crippen molar-refractivity contribution in [2.75, 3.05) is 37.1 Å². The smallest absolute Gasteiger partial charge is 0.335 e. The summed E-state index contributed by atoms with van der Waals surface area (Å²) in [4.78, 5) is 44.2. The maximum atomic E-state index is 14.1. The molecule has 8 heteroatoms. The molecule has 7 rings (SSSR count). The van der Waals surface area contributed by atoms with Crippen molar-refractivity contribution in [3.63, 3.8) is 0 Å². The third kappa shape index (κ3) is 5.02. The Kier molecular flexibility index (Phi) is 7.33. The lowest BCUT2D eigenvalue weighted by Gasteiger charge is -2.44. The minimum absolute atomic E-state index is 0.0915. The number of benzene rings is 4. The van der Waals surface area contributed by atoms with E-state index < -0.39 is 17.8 Å². The Morgan fingerprint density at radius 1 is 0.756 bits per heavy atom. The summed E-state index contributed by atoms with van der Waals surface area (Å²) in [6.45, 7) is 1.85. The number of ether oxygens (including phenoxy) is 2. The third-order valence-corrected chi connectivity index (χ3v) is 9.10. The molecule has 1 fully saturated rings. The number of carbonyl (C=O) groups is 3. The van der Waals surface area contributed by atoms with Gasteiger partial charge in [0.15, 0.2) is 0 Å². The van der Waals surface area contributed by atoms with Crippen molar-refractivity contribution in [2.24, 2.45) is 0 Å². The second kappa shape index (κ2) is 11.6. The van der Waals surface area contributed by atoms with Crippen LogP contribution in [0.5, 0.6) is 11.5 Å². The Hall–Kier alpha value is -5.37. The lowest BCUT2D eigenvalue weighted by Crippen LogP contribution is -2.54. The number of hydrogen-bond donors (Lipinski definition) is 1. The van der Waals surface area contributed by atoms with E-state index in [1.807, 2.05) is 48.5 Å². The van der Waals surface area contributed by atoms with Crippen LogP contribution in [0.2, 0.25) is 0 Å². The van der Waals surface area contributed by atoms with Crippen LogP contribution in [0.15, 0.2) is 96.6 Å². The highest BCUT2D eigenvalue weighted by atomic mass is 16.5. The quantitative estimate of drug-likeness (QED) is 0.208. The van der Waals surface area contributed by atoms with Gasteiger partial charge in [-0.1, -0.05) is 60.7 Å². The normalized spacial score (nSPS) is 20.1. The number of nitrogens with one attached hydrogen (secondary N) is 1. The summed E-state index contributed by atoms with van der Waals surface area (Å²) in [6.07, 6.45) is 3.28. The van der Waals surface area contributed by atoms with Gasteiger partial charge in [-0.05, 0) is 65.4 Å². The van der Waals surface area contributed by atoms with Crippen molar-refractivity contribution in [3.05, 3.63) is 124 Å². The molecule has 0 saturated carbocycles. The van der Waals surface area contributed by atoms with E-state index >= 15 is 0 Å². The molecule has 0 spiro atoms. The zero-order valence-corrected chi connectivity index (χ0v) is 25.2. The number of barbiturate groups is 1. The fourth-order valence-electron chi connectivity index (χ4n) is 6.95. The van der Waals surface area contributed by atoms with Crippen molar-refractivity contribution in [1.29, 1.82) is 0 Å². The van der Waals surface area contributed by atoms with Gasteiger partial charge >= 0.3 is 6.03 Å². The van der Waals surface area contributed by atoms with Crippen LogP contribution in [0.4, 0.5) is 16.2 Å². The molecular weight excluding hydrogens is 566 g/mol. The molecular formula is C37H33N3O5. The molecule has 226 valence electrons. The van der Waals surface area contributed by atoms with Gasteiger partial charge in [0.1, 0.15) is 17.1 Å². The summed E-state index contributed by atoms with van der Waals surface area (Å²) < 4.78 is 10.8. The monoisotopic (exact) mass is 599 g/mol. The van der Waals surface area contributed by atoms with E-state index in [1.165, 1.54) is 30.0 Å². The molecule has 0 bridgehead atoms. The van der Waals surface area contributed by atoms with Crippen LogP contribution >= 0.6 is 0 Å². The lowest BCUT2D eigenvalue weighted by atomic mass is 9.76. The molecule has 0 radical (unpaired) electrons. The average molecular weight is 600 g/mol. The van der Waals surface area contributed by atoms with E-state index in [9.17, 15) is 14.4 Å². The maximum absolute atomic E-state index is 14.1. The SMILES string of the molecule is COc1ccc(/C=C2\C(=O)NC(=O)N(c3cc4c5c(c3)[C@H](c3ccccc3)CCN5CC[C@H]4c3ccccc3)C2=O)c(OC)c1. The summed E-state index contributed by atoms with van der Waals surface area (Å²) in [5.41, 5.74) is 6.52. The van der Waals surface area contributed by atoms with Crippen LogP contribution in [-0.2, 0) is 9.59 Å². The molecule has 2 atom stereocenters. The largest absolute Gasteiger partial charge is 0.497 e. The average Bonchev–Trinajstić information content (AvgIpc) is 3.07. The molecule has 3 aliphatic heterocycles. The molecule has 3 heterocycles. The van der Waals surface area contributed by atoms with Crippen molar-refractivity contribution in [1.82, 2.24) is 5.32 Å². The first-order valence-corrected chi connectivity index (χ1v) is 15.1. The highest BCUT2D eigenvalue weighted by Gasteiger charge is 2.40. The zero-order chi connectivity index (χ0) is 31.1. The van der Waals surface area contributed by atoms with Crippen molar-refractivity contribution < 1.29 is 23.9 Å².